The first kappa shape index (κ1) is 23.7. The number of hydrogen-bond acceptors (Lipinski definition) is 5. The molecular formula is C23H28FN5O2S2. The molecule has 2 aromatic rings. The number of benzene rings is 2. The van der Waals surface area contributed by atoms with Crippen molar-refractivity contribution in [2.24, 2.45) is 10.7 Å². The summed E-state index contributed by atoms with van der Waals surface area (Å²) < 4.78 is 34.8. The molecule has 2 aliphatic rings. The monoisotopic (exact) mass is 489 g/mol. The van der Waals surface area contributed by atoms with Gasteiger partial charge in [0, 0.05) is 43.7 Å². The van der Waals surface area contributed by atoms with Crippen molar-refractivity contribution in [2.75, 3.05) is 32.8 Å². The predicted octanol–water partition coefficient (Wildman–Crippen LogP) is 2.91. The second-order valence-electron chi connectivity index (χ2n) is 8.01. The highest BCUT2D eigenvalue weighted by Crippen LogP contribution is 2.42. The van der Waals surface area contributed by atoms with E-state index in [9.17, 15) is 8.60 Å². The highest BCUT2D eigenvalue weighted by molar-refractivity contribution is 7.87. The highest BCUT2D eigenvalue weighted by Gasteiger charge is 2.36. The lowest BCUT2D eigenvalue weighted by atomic mass is 9.93. The normalized spacial score (nSPS) is 22.5. The predicted molar refractivity (Wildman–Crippen MR) is 132 cm³/mol. The fraction of sp³-hybridized carbons (Fsp3) is 0.391. The summed E-state index contributed by atoms with van der Waals surface area (Å²) in [5, 5.41) is 0.0586. The molecule has 0 radical (unpaired) electrons. The Balaban J connectivity index is 1.61. The average Bonchev–Trinajstić information content (AvgIpc) is 2.83. The molecule has 3 atom stereocenters. The molecule has 0 bridgehead atoms. The van der Waals surface area contributed by atoms with E-state index in [-0.39, 0.29) is 23.0 Å². The number of nitrogens with zero attached hydrogens (tertiary/aromatic N) is 3. The molecule has 0 amide bonds. The molecule has 0 saturated carbocycles. The largest absolute Gasteiger partial charge is 0.493 e. The van der Waals surface area contributed by atoms with Gasteiger partial charge in [-0.3, -0.25) is 9.62 Å². The highest BCUT2D eigenvalue weighted by atomic mass is 32.2. The Kier molecular flexibility index (Phi) is 7.69. The number of rotatable bonds is 5. The van der Waals surface area contributed by atoms with Crippen molar-refractivity contribution in [2.45, 2.75) is 30.3 Å². The first-order valence-electron chi connectivity index (χ1n) is 11.0. The quantitative estimate of drug-likeness (QED) is 0.382. The molecule has 1 unspecified atom stereocenters. The first-order valence-corrected chi connectivity index (χ1v) is 12.5. The van der Waals surface area contributed by atoms with Crippen LogP contribution in [0.3, 0.4) is 0 Å². The Hall–Kier alpha value is -2.40. The number of halogens is 1. The molecule has 2 aliphatic heterocycles. The first-order chi connectivity index (χ1) is 16.0. The maximum Gasteiger partial charge on any atom is 0.206 e. The number of thiocarbonyl (C=S) groups is 1. The van der Waals surface area contributed by atoms with Gasteiger partial charge in [0.25, 0.3) is 0 Å². The van der Waals surface area contributed by atoms with Crippen molar-refractivity contribution in [1.82, 2.24) is 14.5 Å². The number of fused-ring (bicyclic) bond motifs is 1. The van der Waals surface area contributed by atoms with Gasteiger partial charge in [-0.05, 0) is 48.6 Å². The number of hydrogen-bond donors (Lipinski definition) is 2. The van der Waals surface area contributed by atoms with Gasteiger partial charge in [-0.25, -0.2) is 13.6 Å². The lowest BCUT2D eigenvalue weighted by Crippen LogP contribution is -2.50. The van der Waals surface area contributed by atoms with Gasteiger partial charge in [0.1, 0.15) is 11.6 Å². The average molecular weight is 490 g/mol. The Morgan fingerprint density at radius 1 is 1.30 bits per heavy atom. The molecule has 1 saturated heterocycles. The molecular weight excluding hydrogens is 461 g/mol. The van der Waals surface area contributed by atoms with Gasteiger partial charge in [0.15, 0.2) is 11.0 Å². The zero-order valence-electron chi connectivity index (χ0n) is 18.4. The minimum atomic E-state index is -1.57. The SMILES string of the molecule is CCN1CCN([C@H]2CCOc3cc(S(=O)NC(=S)/N=C\N)ccc32)[C@H](c2ccc(F)cc2)C1. The molecule has 2 heterocycles. The van der Waals surface area contributed by atoms with Crippen molar-refractivity contribution in [3.8, 4) is 5.75 Å². The van der Waals surface area contributed by atoms with E-state index in [2.05, 4.69) is 26.4 Å². The Morgan fingerprint density at radius 2 is 2.09 bits per heavy atom. The van der Waals surface area contributed by atoms with Crippen molar-refractivity contribution in [3.05, 3.63) is 59.4 Å². The van der Waals surface area contributed by atoms with Crippen molar-refractivity contribution < 1.29 is 13.3 Å². The van der Waals surface area contributed by atoms with E-state index in [0.29, 0.717) is 11.5 Å². The van der Waals surface area contributed by atoms with Crippen LogP contribution in [0.2, 0.25) is 0 Å². The number of nitrogens with two attached hydrogens (primary N) is 1. The second-order valence-corrected chi connectivity index (χ2v) is 9.60. The molecule has 4 rings (SSSR count). The lowest BCUT2D eigenvalue weighted by Gasteiger charge is -2.46. The summed E-state index contributed by atoms with van der Waals surface area (Å²) in [5.41, 5.74) is 7.42. The summed E-state index contributed by atoms with van der Waals surface area (Å²) in [6, 6.07) is 12.8. The summed E-state index contributed by atoms with van der Waals surface area (Å²) in [7, 11) is -1.57. The van der Waals surface area contributed by atoms with E-state index in [1.54, 1.807) is 6.07 Å². The minimum Gasteiger partial charge on any atom is -0.493 e. The van der Waals surface area contributed by atoms with Crippen LogP contribution in [-0.2, 0) is 11.0 Å². The molecule has 0 spiro atoms. The standard InChI is InChI=1S/C23H28FN5O2S2/c1-2-28-10-11-29(21(14-28)16-3-5-17(24)6-4-16)20-9-12-31-22-13-18(7-8-19(20)22)33(30)27-23(32)26-15-25/h3-8,13,15,20-21H,2,9-12,14H2,1H3,(H3,25,26,27,32)/t20-,21-,33?/m0/s1. The third kappa shape index (κ3) is 5.40. The molecule has 10 heteroatoms. The van der Waals surface area contributed by atoms with E-state index >= 15 is 0 Å². The Labute approximate surface area is 201 Å². The van der Waals surface area contributed by atoms with Crippen LogP contribution >= 0.6 is 12.2 Å². The molecule has 7 nitrogen and oxygen atoms in total. The zero-order valence-corrected chi connectivity index (χ0v) is 20.1. The van der Waals surface area contributed by atoms with Gasteiger partial charge in [0.05, 0.1) is 17.8 Å². The Morgan fingerprint density at radius 3 is 2.82 bits per heavy atom. The van der Waals surface area contributed by atoms with E-state index in [4.69, 9.17) is 22.7 Å². The van der Waals surface area contributed by atoms with E-state index < -0.39 is 11.0 Å². The van der Waals surface area contributed by atoms with Gasteiger partial charge in [0.2, 0.25) is 5.11 Å². The van der Waals surface area contributed by atoms with Crippen LogP contribution in [0.25, 0.3) is 0 Å². The van der Waals surface area contributed by atoms with Crippen LogP contribution in [0.4, 0.5) is 4.39 Å². The fourth-order valence-corrected chi connectivity index (χ4v) is 5.56. The van der Waals surface area contributed by atoms with Crippen LogP contribution < -0.4 is 15.2 Å². The third-order valence-corrected chi connectivity index (χ3v) is 7.58. The maximum atomic E-state index is 13.6. The van der Waals surface area contributed by atoms with Crippen LogP contribution in [0.5, 0.6) is 5.75 Å². The van der Waals surface area contributed by atoms with Gasteiger partial charge in [-0.15, -0.1) is 0 Å². The Bertz CT molecular complexity index is 1050. The molecule has 1 fully saturated rings. The van der Waals surface area contributed by atoms with Crippen LogP contribution in [0, 0.1) is 5.82 Å². The van der Waals surface area contributed by atoms with E-state index in [1.807, 2.05) is 24.3 Å². The van der Waals surface area contributed by atoms with Gasteiger partial charge >= 0.3 is 0 Å². The molecule has 2 aromatic carbocycles. The summed E-state index contributed by atoms with van der Waals surface area (Å²) in [6.07, 6.45) is 1.91. The van der Waals surface area contributed by atoms with Crippen molar-refractivity contribution in [1.29, 1.82) is 0 Å². The van der Waals surface area contributed by atoms with Gasteiger partial charge in [-0.1, -0.05) is 25.1 Å². The number of ether oxygens (including phenoxy) is 1. The second kappa shape index (κ2) is 10.7. The molecule has 3 N–H and O–H groups in total. The summed E-state index contributed by atoms with van der Waals surface area (Å²) in [6.45, 7) is 6.49. The molecule has 176 valence electrons. The smallest absolute Gasteiger partial charge is 0.206 e. The number of piperazine rings is 1. The molecule has 0 aliphatic carbocycles. The van der Waals surface area contributed by atoms with Crippen molar-refractivity contribution >= 4 is 34.7 Å². The summed E-state index contributed by atoms with van der Waals surface area (Å²) in [4.78, 5) is 9.20. The third-order valence-electron chi connectivity index (χ3n) is 6.19. The number of nitrogens with one attached hydrogen (secondary N) is 1. The van der Waals surface area contributed by atoms with Crippen LogP contribution in [0.1, 0.15) is 36.6 Å². The van der Waals surface area contributed by atoms with Crippen LogP contribution in [0.15, 0.2) is 52.4 Å². The zero-order chi connectivity index (χ0) is 23.4. The summed E-state index contributed by atoms with van der Waals surface area (Å²) in [5.74, 6) is 0.499. The van der Waals surface area contributed by atoms with E-state index in [1.165, 1.54) is 12.1 Å². The van der Waals surface area contributed by atoms with Gasteiger partial charge < -0.3 is 15.4 Å². The van der Waals surface area contributed by atoms with Crippen LogP contribution in [-0.4, -0.2) is 58.2 Å². The van der Waals surface area contributed by atoms with Crippen molar-refractivity contribution in [3.63, 3.8) is 0 Å². The fourth-order valence-electron chi connectivity index (χ4n) is 4.54. The minimum absolute atomic E-state index is 0.0586. The van der Waals surface area contributed by atoms with E-state index in [0.717, 1.165) is 55.8 Å². The topological polar surface area (TPSA) is 83.2 Å². The number of likely N-dealkylation sites (N-methyl/N-ethyl adjacent to an activating group) is 1. The number of aliphatic imine (C=N–C) groups is 1. The summed E-state index contributed by atoms with van der Waals surface area (Å²) >= 11 is 4.99. The van der Waals surface area contributed by atoms with Gasteiger partial charge in [-0.2, -0.15) is 0 Å². The molecule has 0 aromatic heterocycles. The lowest BCUT2D eigenvalue weighted by molar-refractivity contribution is 0.0257. The maximum absolute atomic E-state index is 13.6. The molecule has 33 heavy (non-hydrogen) atoms.